The minimum Gasteiger partial charge on any atom is -0.353 e. The molecule has 0 bridgehead atoms. The van der Waals surface area contributed by atoms with Gasteiger partial charge in [0.05, 0.1) is 0 Å². The number of hydrogen-bond donors (Lipinski definition) is 1. The van der Waals surface area contributed by atoms with E-state index in [9.17, 15) is 4.79 Å². The molecule has 1 aliphatic carbocycles. The molecule has 1 heterocycles. The number of rotatable bonds is 5. The fourth-order valence-electron chi connectivity index (χ4n) is 2.78. The highest BCUT2D eigenvalue weighted by atomic mass is 16.2. The maximum atomic E-state index is 11.6. The van der Waals surface area contributed by atoms with Crippen molar-refractivity contribution in [1.82, 2.24) is 14.8 Å². The number of amides is 1. The van der Waals surface area contributed by atoms with Crippen molar-refractivity contribution < 1.29 is 4.79 Å². The summed E-state index contributed by atoms with van der Waals surface area (Å²) < 4.78 is 2.18. The Kier molecular flexibility index (Phi) is 4.64. The monoisotopic (exact) mass is 263 g/mol. The minimum absolute atomic E-state index is 0.190. The lowest BCUT2D eigenvalue weighted by Gasteiger charge is -2.22. The Morgan fingerprint density at radius 2 is 2.26 bits per heavy atom. The second-order valence-corrected chi connectivity index (χ2v) is 5.52. The van der Waals surface area contributed by atoms with E-state index in [-0.39, 0.29) is 5.91 Å². The average Bonchev–Trinajstić information content (AvgIpc) is 2.80. The number of carbonyl (C=O) groups excluding carboxylic acids is 1. The third-order valence-electron chi connectivity index (χ3n) is 3.84. The Morgan fingerprint density at radius 3 is 2.95 bits per heavy atom. The van der Waals surface area contributed by atoms with Gasteiger partial charge in [-0.3, -0.25) is 4.79 Å². The number of aromatic nitrogens is 1. The van der Waals surface area contributed by atoms with Gasteiger partial charge in [0, 0.05) is 45.5 Å². The van der Waals surface area contributed by atoms with Gasteiger partial charge in [-0.05, 0) is 36.9 Å². The number of fused-ring (bicyclic) bond motifs is 1. The van der Waals surface area contributed by atoms with Gasteiger partial charge in [-0.1, -0.05) is 6.92 Å². The van der Waals surface area contributed by atoms with Crippen molar-refractivity contribution in [2.24, 2.45) is 0 Å². The van der Waals surface area contributed by atoms with Crippen LogP contribution in [0.2, 0.25) is 0 Å². The maximum Gasteiger partial charge on any atom is 0.223 e. The van der Waals surface area contributed by atoms with Crippen molar-refractivity contribution in [2.75, 3.05) is 20.6 Å². The van der Waals surface area contributed by atoms with Crippen LogP contribution in [0.25, 0.3) is 0 Å². The van der Waals surface area contributed by atoms with E-state index in [0.717, 1.165) is 13.1 Å². The van der Waals surface area contributed by atoms with Crippen molar-refractivity contribution in [3.63, 3.8) is 0 Å². The Morgan fingerprint density at radius 1 is 1.47 bits per heavy atom. The fourth-order valence-corrected chi connectivity index (χ4v) is 2.78. The van der Waals surface area contributed by atoms with Crippen LogP contribution < -0.4 is 5.32 Å². The molecule has 1 atom stereocenters. The van der Waals surface area contributed by atoms with Crippen LogP contribution >= 0.6 is 0 Å². The molecule has 0 aromatic carbocycles. The first-order valence-electron chi connectivity index (χ1n) is 7.24. The molecular weight excluding hydrogens is 238 g/mol. The van der Waals surface area contributed by atoms with Crippen molar-refractivity contribution in [1.29, 1.82) is 0 Å². The topological polar surface area (TPSA) is 37.3 Å². The molecule has 1 aromatic heterocycles. The largest absolute Gasteiger partial charge is 0.353 e. The first kappa shape index (κ1) is 14.1. The third kappa shape index (κ3) is 3.38. The molecule has 0 radical (unpaired) electrons. The highest BCUT2D eigenvalue weighted by Crippen LogP contribution is 2.30. The van der Waals surface area contributed by atoms with E-state index < -0.39 is 0 Å². The zero-order chi connectivity index (χ0) is 13.8. The summed E-state index contributed by atoms with van der Waals surface area (Å²) in [5.74, 6) is 0.190. The molecule has 0 spiro atoms. The van der Waals surface area contributed by atoms with E-state index in [0.29, 0.717) is 12.5 Å². The highest BCUT2D eigenvalue weighted by molar-refractivity contribution is 5.75. The summed E-state index contributed by atoms with van der Waals surface area (Å²) in [7, 11) is 3.62. The predicted molar refractivity (Wildman–Crippen MR) is 77.1 cm³/mol. The van der Waals surface area contributed by atoms with Gasteiger partial charge in [-0.25, -0.2) is 0 Å². The number of hydrogen-bond acceptors (Lipinski definition) is 2. The summed E-state index contributed by atoms with van der Waals surface area (Å²) in [4.78, 5) is 13.3. The summed E-state index contributed by atoms with van der Waals surface area (Å²) in [6, 6.07) is 0.500. The Hall–Kier alpha value is -1.29. The highest BCUT2D eigenvalue weighted by Gasteiger charge is 2.21. The summed E-state index contributed by atoms with van der Waals surface area (Å²) in [5, 5.41) is 3.55. The van der Waals surface area contributed by atoms with E-state index in [1.54, 1.807) is 4.90 Å². The lowest BCUT2D eigenvalue weighted by atomic mass is 9.91. The van der Waals surface area contributed by atoms with Crippen LogP contribution in [-0.4, -0.2) is 36.0 Å². The van der Waals surface area contributed by atoms with E-state index in [1.807, 2.05) is 14.1 Å². The molecule has 4 nitrogen and oxygen atoms in total. The van der Waals surface area contributed by atoms with Gasteiger partial charge in [0.2, 0.25) is 5.91 Å². The Labute approximate surface area is 115 Å². The average molecular weight is 263 g/mol. The fraction of sp³-hybridized carbons (Fsp3) is 0.667. The molecule has 0 aliphatic heterocycles. The Balaban J connectivity index is 2.02. The molecule has 0 fully saturated rings. The van der Waals surface area contributed by atoms with Crippen molar-refractivity contribution >= 4 is 5.91 Å². The molecular formula is C15H25N3O. The summed E-state index contributed by atoms with van der Waals surface area (Å²) in [5.41, 5.74) is 2.89. The number of carbonyl (C=O) groups is 1. The lowest BCUT2D eigenvalue weighted by Crippen LogP contribution is -2.24. The first-order chi connectivity index (χ1) is 9.11. The molecule has 19 heavy (non-hydrogen) atoms. The quantitative estimate of drug-likeness (QED) is 0.881. The van der Waals surface area contributed by atoms with Crippen LogP contribution in [0, 0.1) is 0 Å². The second kappa shape index (κ2) is 6.24. The standard InChI is InChI=1S/C15H25N3O/c1-4-16-14-7-5-6-12-10-18(11-13(12)14)9-8-15(19)17(2)3/h10-11,14,16H,4-9H2,1-3H3. The van der Waals surface area contributed by atoms with Gasteiger partial charge in [0.25, 0.3) is 0 Å². The summed E-state index contributed by atoms with van der Waals surface area (Å²) >= 11 is 0. The van der Waals surface area contributed by atoms with Crippen molar-refractivity contribution in [3.05, 3.63) is 23.5 Å². The molecule has 4 heteroatoms. The van der Waals surface area contributed by atoms with E-state index >= 15 is 0 Å². The molecule has 0 saturated heterocycles. The van der Waals surface area contributed by atoms with E-state index in [2.05, 4.69) is 29.2 Å². The van der Waals surface area contributed by atoms with Crippen molar-refractivity contribution in [2.45, 2.75) is 45.2 Å². The molecule has 1 N–H and O–H groups in total. The Bertz CT molecular complexity index is 437. The predicted octanol–water partition coefficient (Wildman–Crippen LogP) is 1.95. The van der Waals surface area contributed by atoms with Gasteiger partial charge < -0.3 is 14.8 Å². The maximum absolute atomic E-state index is 11.6. The summed E-state index contributed by atoms with van der Waals surface area (Å²) in [6.45, 7) is 3.94. The molecule has 2 rings (SSSR count). The third-order valence-corrected chi connectivity index (χ3v) is 3.84. The van der Waals surface area contributed by atoms with Gasteiger partial charge in [-0.15, -0.1) is 0 Å². The SMILES string of the molecule is CCNC1CCCc2cn(CCC(=O)N(C)C)cc21. The zero-order valence-electron chi connectivity index (χ0n) is 12.3. The van der Waals surface area contributed by atoms with E-state index in [4.69, 9.17) is 0 Å². The van der Waals surface area contributed by atoms with Crippen LogP contribution in [0.3, 0.4) is 0 Å². The molecule has 1 unspecified atom stereocenters. The van der Waals surface area contributed by atoms with Gasteiger partial charge >= 0.3 is 0 Å². The molecule has 0 saturated carbocycles. The second-order valence-electron chi connectivity index (χ2n) is 5.52. The van der Waals surface area contributed by atoms with Crippen LogP contribution in [-0.2, 0) is 17.8 Å². The smallest absolute Gasteiger partial charge is 0.223 e. The number of aryl methyl sites for hydroxylation is 2. The zero-order valence-corrected chi connectivity index (χ0v) is 12.3. The first-order valence-corrected chi connectivity index (χ1v) is 7.24. The molecule has 1 aromatic rings. The van der Waals surface area contributed by atoms with Crippen LogP contribution in [0.4, 0.5) is 0 Å². The number of nitrogens with one attached hydrogen (secondary N) is 1. The van der Waals surface area contributed by atoms with Crippen molar-refractivity contribution in [3.8, 4) is 0 Å². The summed E-state index contributed by atoms with van der Waals surface area (Å²) in [6.07, 6.45) is 8.68. The minimum atomic E-state index is 0.190. The van der Waals surface area contributed by atoms with Crippen LogP contribution in [0.5, 0.6) is 0 Å². The van der Waals surface area contributed by atoms with Gasteiger partial charge in [0.15, 0.2) is 0 Å². The van der Waals surface area contributed by atoms with Gasteiger partial charge in [0.1, 0.15) is 0 Å². The van der Waals surface area contributed by atoms with Crippen LogP contribution in [0.1, 0.15) is 43.4 Å². The molecule has 106 valence electrons. The molecule has 1 aliphatic rings. The van der Waals surface area contributed by atoms with Crippen LogP contribution in [0.15, 0.2) is 12.4 Å². The normalized spacial score (nSPS) is 18.2. The molecule has 1 amide bonds. The number of nitrogens with zero attached hydrogens (tertiary/aromatic N) is 2. The lowest BCUT2D eigenvalue weighted by molar-refractivity contribution is -0.128. The van der Waals surface area contributed by atoms with Gasteiger partial charge in [-0.2, -0.15) is 0 Å². The van der Waals surface area contributed by atoms with E-state index in [1.165, 1.54) is 30.4 Å².